The lowest BCUT2D eigenvalue weighted by Gasteiger charge is -2.26. The number of fused-ring (bicyclic) bond motifs is 6. The Labute approximate surface area is 319 Å². The maximum absolute atomic E-state index is 5.37. The normalized spacial score (nSPS) is 14.2. The highest BCUT2D eigenvalue weighted by atomic mass is 15.2. The molecule has 3 heterocycles. The summed E-state index contributed by atoms with van der Waals surface area (Å²) in [6.45, 7) is 8.00. The van der Waals surface area contributed by atoms with E-state index in [9.17, 15) is 0 Å². The predicted molar refractivity (Wildman–Crippen MR) is 231 cm³/mol. The molecule has 6 aromatic carbocycles. The molecule has 0 bridgehead atoms. The molecule has 0 fully saturated rings. The van der Waals surface area contributed by atoms with Gasteiger partial charge in [-0.2, -0.15) is 0 Å². The van der Waals surface area contributed by atoms with Crippen LogP contribution in [0.3, 0.4) is 0 Å². The van der Waals surface area contributed by atoms with Crippen molar-refractivity contribution in [3.05, 3.63) is 199 Å². The molecule has 0 saturated carbocycles. The fourth-order valence-electron chi connectivity index (χ4n) is 7.96. The largest absolute Gasteiger partial charge is 0.309 e. The van der Waals surface area contributed by atoms with Crippen LogP contribution < -0.4 is 4.90 Å². The summed E-state index contributed by atoms with van der Waals surface area (Å²) >= 11 is 0. The molecule has 0 radical (unpaired) electrons. The lowest BCUT2D eigenvalue weighted by molar-refractivity contribution is 0.820. The second-order valence-corrected chi connectivity index (χ2v) is 13.2. The molecule has 2 aromatic heterocycles. The quantitative estimate of drug-likeness (QED) is 0.178. The second kappa shape index (κ2) is 15.3. The van der Waals surface area contributed by atoms with E-state index in [1.165, 1.54) is 61.1 Å². The van der Waals surface area contributed by atoms with Gasteiger partial charge in [-0.1, -0.05) is 161 Å². The molecule has 2 aliphatic rings. The third kappa shape index (κ3) is 6.12. The molecule has 0 amide bonds. The highest BCUT2D eigenvalue weighted by Crippen LogP contribution is 2.52. The first-order chi connectivity index (χ1) is 26.8. The lowest BCUT2D eigenvalue weighted by atomic mass is 9.87. The fourth-order valence-corrected chi connectivity index (χ4v) is 7.96. The number of nitrogens with zero attached hydrogens (tertiary/aromatic N) is 3. The molecule has 0 spiro atoms. The van der Waals surface area contributed by atoms with Crippen molar-refractivity contribution in [1.82, 2.24) is 9.55 Å². The van der Waals surface area contributed by atoms with Crippen LogP contribution in [0.5, 0.6) is 0 Å². The Bertz CT molecular complexity index is 2560. The standard InChI is InChI=1S/C47H33N3.2C2H6/c1-4-14-32(15-5-1)36-28-42(33-16-6-2-7-17-33)48-47(31-36)50-44-23-13-11-21-39(44)41-27-25-35(30-46(41)50)34-24-26-40-38-20-10-12-22-43(38)49(45(40)29-34)37-18-8-3-9-19-37;2*1-2/h1-26,28-31,41H,27H2;2*1-2H3. The zero-order valence-electron chi connectivity index (χ0n) is 31.4. The van der Waals surface area contributed by atoms with Gasteiger partial charge in [0.1, 0.15) is 5.82 Å². The monoisotopic (exact) mass is 699 g/mol. The van der Waals surface area contributed by atoms with Crippen LogP contribution >= 0.6 is 0 Å². The molecule has 54 heavy (non-hydrogen) atoms. The second-order valence-electron chi connectivity index (χ2n) is 13.2. The molecule has 8 aromatic rings. The predicted octanol–water partition coefficient (Wildman–Crippen LogP) is 14.2. The van der Waals surface area contributed by atoms with Gasteiger partial charge in [0.2, 0.25) is 0 Å². The van der Waals surface area contributed by atoms with Crippen LogP contribution in [0.1, 0.15) is 51.2 Å². The van der Waals surface area contributed by atoms with Crippen molar-refractivity contribution < 1.29 is 0 Å². The summed E-state index contributed by atoms with van der Waals surface area (Å²) in [5.41, 5.74) is 14.3. The van der Waals surface area contributed by atoms with Crippen LogP contribution in [-0.4, -0.2) is 9.55 Å². The van der Waals surface area contributed by atoms with Crippen molar-refractivity contribution in [1.29, 1.82) is 0 Å². The van der Waals surface area contributed by atoms with Gasteiger partial charge in [-0.05, 0) is 82.8 Å². The van der Waals surface area contributed by atoms with Gasteiger partial charge in [-0.3, -0.25) is 4.90 Å². The zero-order chi connectivity index (χ0) is 37.0. The Morgan fingerprint density at radius 1 is 0.519 bits per heavy atom. The molecule has 0 N–H and O–H groups in total. The fraction of sp³-hybridized carbons (Fsp3) is 0.118. The van der Waals surface area contributed by atoms with Crippen molar-refractivity contribution in [2.24, 2.45) is 0 Å². The van der Waals surface area contributed by atoms with Gasteiger partial charge < -0.3 is 4.57 Å². The van der Waals surface area contributed by atoms with E-state index in [1.54, 1.807) is 0 Å². The maximum Gasteiger partial charge on any atom is 0.138 e. The Morgan fingerprint density at radius 3 is 1.91 bits per heavy atom. The summed E-state index contributed by atoms with van der Waals surface area (Å²) in [7, 11) is 0. The van der Waals surface area contributed by atoms with Crippen LogP contribution in [0.25, 0.3) is 55.5 Å². The molecule has 1 atom stereocenters. The number of anilines is 2. The van der Waals surface area contributed by atoms with E-state index in [0.717, 1.165) is 29.1 Å². The Balaban J connectivity index is 0.00000100. The number of hydrogen-bond donors (Lipinski definition) is 0. The Morgan fingerprint density at radius 2 is 1.15 bits per heavy atom. The van der Waals surface area contributed by atoms with E-state index in [4.69, 9.17) is 4.98 Å². The van der Waals surface area contributed by atoms with Crippen LogP contribution in [0.15, 0.2) is 188 Å². The van der Waals surface area contributed by atoms with E-state index in [2.05, 4.69) is 191 Å². The first kappa shape index (κ1) is 34.6. The SMILES string of the molecule is C1=C(c2ccc3c4ccccc4n(-c4ccccc4)c3c2)C=C2C(C1)c1ccccc1N2c1cc(-c2ccccc2)cc(-c2ccccc2)n1.CC.CC. The van der Waals surface area contributed by atoms with Crippen molar-refractivity contribution in [3.63, 3.8) is 0 Å². The van der Waals surface area contributed by atoms with Crippen LogP contribution in [0.2, 0.25) is 0 Å². The van der Waals surface area contributed by atoms with Crippen molar-refractivity contribution in [2.75, 3.05) is 4.90 Å². The summed E-state index contributed by atoms with van der Waals surface area (Å²) in [5.74, 6) is 1.20. The Hall–Kier alpha value is -6.45. The molecular formula is C51H45N3. The molecule has 3 nitrogen and oxygen atoms in total. The minimum atomic E-state index is 0.261. The summed E-state index contributed by atoms with van der Waals surface area (Å²) in [4.78, 5) is 7.78. The number of aromatic nitrogens is 2. The van der Waals surface area contributed by atoms with Crippen molar-refractivity contribution in [2.45, 2.75) is 40.0 Å². The van der Waals surface area contributed by atoms with Crippen molar-refractivity contribution in [3.8, 4) is 28.1 Å². The molecule has 10 rings (SSSR count). The summed E-state index contributed by atoms with van der Waals surface area (Å²) in [5, 5.41) is 2.53. The molecule has 1 aliphatic carbocycles. The van der Waals surface area contributed by atoms with E-state index >= 15 is 0 Å². The number of rotatable bonds is 5. The van der Waals surface area contributed by atoms with Crippen molar-refractivity contribution >= 4 is 38.9 Å². The van der Waals surface area contributed by atoms with E-state index in [0.29, 0.717) is 0 Å². The molecule has 264 valence electrons. The third-order valence-corrected chi connectivity index (χ3v) is 10.3. The number of para-hydroxylation sites is 3. The van der Waals surface area contributed by atoms with Gasteiger partial charge in [0.15, 0.2) is 0 Å². The van der Waals surface area contributed by atoms with E-state index < -0.39 is 0 Å². The summed E-state index contributed by atoms with van der Waals surface area (Å²) in [6, 6.07) is 60.9. The highest BCUT2D eigenvalue weighted by Gasteiger charge is 2.36. The van der Waals surface area contributed by atoms with Gasteiger partial charge >= 0.3 is 0 Å². The average Bonchev–Trinajstić information content (AvgIpc) is 3.78. The molecule has 1 aliphatic heterocycles. The minimum Gasteiger partial charge on any atom is -0.309 e. The summed E-state index contributed by atoms with van der Waals surface area (Å²) in [6.07, 6.45) is 5.76. The molecule has 0 saturated heterocycles. The first-order valence-corrected chi connectivity index (χ1v) is 19.3. The first-order valence-electron chi connectivity index (χ1n) is 19.3. The highest BCUT2D eigenvalue weighted by molar-refractivity contribution is 6.10. The Kier molecular flexibility index (Phi) is 9.79. The van der Waals surface area contributed by atoms with Crippen LogP contribution in [0.4, 0.5) is 11.5 Å². The lowest BCUT2D eigenvalue weighted by Crippen LogP contribution is -2.17. The smallest absolute Gasteiger partial charge is 0.138 e. The third-order valence-electron chi connectivity index (χ3n) is 10.3. The zero-order valence-corrected chi connectivity index (χ0v) is 31.4. The van der Waals surface area contributed by atoms with E-state index in [-0.39, 0.29) is 5.92 Å². The minimum absolute atomic E-state index is 0.261. The summed E-state index contributed by atoms with van der Waals surface area (Å²) < 4.78 is 2.40. The average molecular weight is 700 g/mol. The van der Waals surface area contributed by atoms with Crippen LogP contribution in [0, 0.1) is 0 Å². The number of allylic oxidation sites excluding steroid dienone is 4. The molecular weight excluding hydrogens is 655 g/mol. The van der Waals surface area contributed by atoms with Crippen LogP contribution in [-0.2, 0) is 0 Å². The van der Waals surface area contributed by atoms with Gasteiger partial charge in [0.05, 0.1) is 22.4 Å². The number of pyridine rings is 1. The maximum atomic E-state index is 5.37. The molecule has 3 heteroatoms. The van der Waals surface area contributed by atoms with Gasteiger partial charge in [-0.25, -0.2) is 4.98 Å². The number of benzene rings is 6. The number of hydrogen-bond acceptors (Lipinski definition) is 2. The molecule has 1 unspecified atom stereocenters. The topological polar surface area (TPSA) is 21.1 Å². The van der Waals surface area contributed by atoms with E-state index in [1.807, 2.05) is 27.7 Å². The van der Waals surface area contributed by atoms with Gasteiger partial charge in [-0.15, -0.1) is 0 Å². The van der Waals surface area contributed by atoms with Gasteiger partial charge in [0.25, 0.3) is 0 Å². The van der Waals surface area contributed by atoms with Gasteiger partial charge in [0, 0.05) is 33.6 Å².